The van der Waals surface area contributed by atoms with Gasteiger partial charge in [-0.2, -0.15) is 0 Å². The number of carboxylic acids is 1. The Bertz CT molecular complexity index is 771. The van der Waals surface area contributed by atoms with Gasteiger partial charge in [0.25, 0.3) is 5.56 Å². The van der Waals surface area contributed by atoms with E-state index in [9.17, 15) is 9.59 Å². The van der Waals surface area contributed by atoms with E-state index in [2.05, 4.69) is 20.9 Å². The molecule has 7 heteroatoms. The van der Waals surface area contributed by atoms with E-state index in [0.717, 1.165) is 12.8 Å². The molecule has 108 valence electrons. The Balaban J connectivity index is 1.94. The van der Waals surface area contributed by atoms with Crippen molar-refractivity contribution in [2.45, 2.75) is 28.8 Å². The molecular formula is C14H11BrN2O3S. The fourth-order valence-electron chi connectivity index (χ4n) is 1.96. The van der Waals surface area contributed by atoms with Crippen molar-refractivity contribution in [3.05, 3.63) is 51.0 Å². The van der Waals surface area contributed by atoms with E-state index >= 15 is 0 Å². The monoisotopic (exact) mass is 366 g/mol. The predicted molar refractivity (Wildman–Crippen MR) is 82.0 cm³/mol. The Labute approximate surface area is 133 Å². The van der Waals surface area contributed by atoms with Crippen molar-refractivity contribution in [2.75, 3.05) is 0 Å². The van der Waals surface area contributed by atoms with E-state index in [0.29, 0.717) is 20.4 Å². The van der Waals surface area contributed by atoms with Crippen LogP contribution in [0.5, 0.6) is 0 Å². The Hall–Kier alpha value is -1.60. The molecule has 0 saturated heterocycles. The molecule has 0 unspecified atom stereocenters. The third-order valence-corrected chi connectivity index (χ3v) is 4.81. The molecule has 0 spiro atoms. The van der Waals surface area contributed by atoms with Gasteiger partial charge in [0.1, 0.15) is 0 Å². The van der Waals surface area contributed by atoms with Gasteiger partial charge in [0.05, 0.1) is 5.56 Å². The first-order valence-electron chi connectivity index (χ1n) is 6.34. The number of hydrogen-bond acceptors (Lipinski definition) is 4. The van der Waals surface area contributed by atoms with Crippen LogP contribution in [0.4, 0.5) is 0 Å². The van der Waals surface area contributed by atoms with Crippen LogP contribution < -0.4 is 5.56 Å². The number of rotatable bonds is 4. The molecule has 1 aromatic carbocycles. The van der Waals surface area contributed by atoms with Gasteiger partial charge in [-0.3, -0.25) is 4.79 Å². The first-order valence-corrected chi connectivity index (χ1v) is 7.95. The number of benzene rings is 1. The van der Waals surface area contributed by atoms with Gasteiger partial charge < -0.3 is 9.67 Å². The molecule has 0 aliphatic heterocycles. The van der Waals surface area contributed by atoms with Gasteiger partial charge in [-0.1, -0.05) is 11.8 Å². The fourth-order valence-corrected chi connectivity index (χ4v) is 3.22. The largest absolute Gasteiger partial charge is 0.478 e. The molecule has 1 heterocycles. The van der Waals surface area contributed by atoms with Gasteiger partial charge in [0.2, 0.25) is 0 Å². The third kappa shape index (κ3) is 3.03. The fraction of sp³-hybridized carbons (Fsp3) is 0.214. The van der Waals surface area contributed by atoms with Crippen LogP contribution in [0.25, 0.3) is 0 Å². The molecule has 1 aliphatic carbocycles. The average molecular weight is 367 g/mol. The highest BCUT2D eigenvalue weighted by Gasteiger charge is 2.25. The van der Waals surface area contributed by atoms with Crippen molar-refractivity contribution in [3.63, 3.8) is 0 Å². The SMILES string of the molecule is O=C(O)c1cc(Sc2nccn(C3CC3)c2=O)ccc1Br. The maximum absolute atomic E-state index is 12.3. The molecule has 1 N–H and O–H groups in total. The van der Waals surface area contributed by atoms with E-state index < -0.39 is 5.97 Å². The minimum absolute atomic E-state index is 0.121. The number of carboxylic acid groups (broad SMARTS) is 1. The van der Waals surface area contributed by atoms with Crippen LogP contribution in [0.3, 0.4) is 0 Å². The summed E-state index contributed by atoms with van der Waals surface area (Å²) in [4.78, 5) is 28.2. The maximum Gasteiger partial charge on any atom is 0.336 e. The van der Waals surface area contributed by atoms with Crippen molar-refractivity contribution in [3.8, 4) is 0 Å². The average Bonchev–Trinajstić information content (AvgIpc) is 3.27. The van der Waals surface area contributed by atoms with Crippen molar-refractivity contribution in [2.24, 2.45) is 0 Å². The highest BCUT2D eigenvalue weighted by Crippen LogP contribution is 2.34. The Morgan fingerprint density at radius 3 is 2.86 bits per heavy atom. The maximum atomic E-state index is 12.3. The molecule has 1 aromatic heterocycles. The molecule has 3 rings (SSSR count). The lowest BCUT2D eigenvalue weighted by atomic mass is 10.2. The zero-order valence-electron chi connectivity index (χ0n) is 10.8. The molecule has 1 saturated carbocycles. The molecule has 1 aliphatic rings. The van der Waals surface area contributed by atoms with Gasteiger partial charge in [-0.05, 0) is 47.0 Å². The molecule has 2 aromatic rings. The van der Waals surface area contributed by atoms with Gasteiger partial charge >= 0.3 is 5.97 Å². The minimum Gasteiger partial charge on any atom is -0.478 e. The van der Waals surface area contributed by atoms with Gasteiger partial charge in [-0.15, -0.1) is 0 Å². The summed E-state index contributed by atoms with van der Waals surface area (Å²) in [5.41, 5.74) is 0.0447. The molecule has 0 radical (unpaired) electrons. The highest BCUT2D eigenvalue weighted by atomic mass is 79.9. The number of nitrogens with zero attached hydrogens (tertiary/aromatic N) is 2. The summed E-state index contributed by atoms with van der Waals surface area (Å²) < 4.78 is 2.21. The molecule has 0 amide bonds. The van der Waals surface area contributed by atoms with Crippen LogP contribution in [0.2, 0.25) is 0 Å². The topological polar surface area (TPSA) is 72.2 Å². The second-order valence-corrected chi connectivity index (χ2v) is 6.64. The number of carbonyl (C=O) groups is 1. The summed E-state index contributed by atoms with van der Waals surface area (Å²) >= 11 is 4.38. The van der Waals surface area contributed by atoms with Crippen LogP contribution >= 0.6 is 27.7 Å². The Morgan fingerprint density at radius 2 is 2.19 bits per heavy atom. The Kier molecular flexibility index (Phi) is 3.86. The number of aromatic nitrogens is 2. The van der Waals surface area contributed by atoms with E-state index in [4.69, 9.17) is 5.11 Å². The van der Waals surface area contributed by atoms with Crippen LogP contribution in [0, 0.1) is 0 Å². The second-order valence-electron chi connectivity index (χ2n) is 4.72. The predicted octanol–water partition coefficient (Wildman–Crippen LogP) is 3.19. The van der Waals surface area contributed by atoms with Gasteiger partial charge in [0, 0.05) is 27.8 Å². The smallest absolute Gasteiger partial charge is 0.336 e. The minimum atomic E-state index is -1.01. The van der Waals surface area contributed by atoms with Crippen LogP contribution in [0.1, 0.15) is 29.2 Å². The van der Waals surface area contributed by atoms with Crippen molar-refractivity contribution >= 4 is 33.7 Å². The molecule has 0 bridgehead atoms. The first-order chi connectivity index (χ1) is 10.1. The summed E-state index contributed by atoms with van der Waals surface area (Å²) in [5, 5.41) is 9.48. The van der Waals surface area contributed by atoms with Crippen LogP contribution in [-0.4, -0.2) is 20.6 Å². The summed E-state index contributed by atoms with van der Waals surface area (Å²) in [6.45, 7) is 0. The second kappa shape index (κ2) is 5.65. The Morgan fingerprint density at radius 1 is 1.43 bits per heavy atom. The molecule has 1 fully saturated rings. The van der Waals surface area contributed by atoms with Gasteiger partial charge in [0.15, 0.2) is 5.03 Å². The van der Waals surface area contributed by atoms with Gasteiger partial charge in [-0.25, -0.2) is 9.78 Å². The summed E-state index contributed by atoms with van der Waals surface area (Å²) in [5.74, 6) is -1.01. The zero-order chi connectivity index (χ0) is 15.0. The normalized spacial score (nSPS) is 14.1. The van der Waals surface area contributed by atoms with Crippen molar-refractivity contribution in [1.82, 2.24) is 9.55 Å². The number of hydrogen-bond donors (Lipinski definition) is 1. The van der Waals surface area contributed by atoms with Crippen LogP contribution in [-0.2, 0) is 0 Å². The summed E-state index contributed by atoms with van der Waals surface area (Å²) in [6, 6.07) is 5.25. The standard InChI is InChI=1S/C14H11BrN2O3S/c15-11-4-3-9(7-10(11)14(19)20)21-12-13(18)17(6-5-16-12)8-1-2-8/h3-8H,1-2H2,(H,19,20). The highest BCUT2D eigenvalue weighted by molar-refractivity contribution is 9.10. The lowest BCUT2D eigenvalue weighted by molar-refractivity contribution is 0.0695. The zero-order valence-corrected chi connectivity index (χ0v) is 13.2. The van der Waals surface area contributed by atoms with Crippen molar-refractivity contribution in [1.29, 1.82) is 0 Å². The van der Waals surface area contributed by atoms with Crippen LogP contribution in [0.15, 0.2) is 49.8 Å². The number of aromatic carboxylic acids is 1. The van der Waals surface area contributed by atoms with Crippen molar-refractivity contribution < 1.29 is 9.90 Å². The summed E-state index contributed by atoms with van der Waals surface area (Å²) in [7, 11) is 0. The first kappa shape index (κ1) is 14.3. The molecule has 5 nitrogen and oxygen atoms in total. The van der Waals surface area contributed by atoms with E-state index in [-0.39, 0.29) is 11.1 Å². The lowest BCUT2D eigenvalue weighted by Gasteiger charge is -2.06. The molecule has 0 atom stereocenters. The third-order valence-electron chi connectivity index (χ3n) is 3.16. The quantitative estimate of drug-likeness (QED) is 0.899. The van der Waals surface area contributed by atoms with E-state index in [1.807, 2.05) is 0 Å². The lowest BCUT2D eigenvalue weighted by Crippen LogP contribution is -2.20. The summed E-state index contributed by atoms with van der Waals surface area (Å²) in [6.07, 6.45) is 5.36. The van der Waals surface area contributed by atoms with E-state index in [1.54, 1.807) is 29.1 Å². The number of halogens is 1. The molecular weight excluding hydrogens is 356 g/mol. The molecule has 21 heavy (non-hydrogen) atoms. The van der Waals surface area contributed by atoms with E-state index in [1.165, 1.54) is 17.8 Å².